The molecule has 0 bridgehead atoms. The molecule has 8 nitrogen and oxygen atoms in total. The third kappa shape index (κ3) is 7.28. The van der Waals surface area contributed by atoms with Crippen molar-refractivity contribution in [1.29, 1.82) is 0 Å². The standard InChI is InChI=1S/C30H34F3N3O5S/c1-21-6-5-15-35(19-21)24-11-9-22(10-12-24)18-34-29(37)20-36(25-8-4-7-23(16-25)30(31,32)33)42(38,39)26-13-14-27(40-2)28(17-26)41-3/h4,7-14,16-17,21H,5-6,15,18-20H2,1-3H3,(H,34,37). The van der Waals surface area contributed by atoms with Gasteiger partial charge in [0, 0.05) is 31.4 Å². The van der Waals surface area contributed by atoms with Gasteiger partial charge in [-0.3, -0.25) is 9.10 Å². The lowest BCUT2D eigenvalue weighted by Gasteiger charge is -2.32. The first-order valence-corrected chi connectivity index (χ1v) is 14.9. The van der Waals surface area contributed by atoms with E-state index in [9.17, 15) is 26.4 Å². The predicted octanol–water partition coefficient (Wildman–Crippen LogP) is 5.47. The fraction of sp³-hybridized carbons (Fsp3) is 0.367. The summed E-state index contributed by atoms with van der Waals surface area (Å²) >= 11 is 0. The van der Waals surface area contributed by atoms with Gasteiger partial charge in [-0.15, -0.1) is 0 Å². The summed E-state index contributed by atoms with van der Waals surface area (Å²) in [6.45, 7) is 3.56. The summed E-state index contributed by atoms with van der Waals surface area (Å²) in [5.74, 6) is 0.299. The van der Waals surface area contributed by atoms with E-state index in [1.807, 2.05) is 24.3 Å². The number of amides is 1. The molecule has 1 heterocycles. The number of halogens is 3. The van der Waals surface area contributed by atoms with Crippen molar-refractivity contribution in [3.63, 3.8) is 0 Å². The number of carbonyl (C=O) groups excluding carboxylic acids is 1. The first-order chi connectivity index (χ1) is 19.9. The van der Waals surface area contributed by atoms with Gasteiger partial charge in [-0.25, -0.2) is 8.42 Å². The molecule has 1 fully saturated rings. The normalized spacial score (nSPS) is 15.7. The Labute approximate surface area is 244 Å². The fourth-order valence-electron chi connectivity index (χ4n) is 4.89. The number of methoxy groups -OCH3 is 2. The van der Waals surface area contributed by atoms with Crippen molar-refractivity contribution in [3.05, 3.63) is 77.9 Å². The molecular formula is C30H34F3N3O5S. The van der Waals surface area contributed by atoms with E-state index in [1.54, 1.807) is 0 Å². The van der Waals surface area contributed by atoms with Crippen molar-refractivity contribution >= 4 is 27.3 Å². The zero-order valence-corrected chi connectivity index (χ0v) is 24.5. The molecule has 3 aromatic rings. The first-order valence-electron chi connectivity index (χ1n) is 13.4. The molecule has 42 heavy (non-hydrogen) atoms. The van der Waals surface area contributed by atoms with Crippen LogP contribution in [0.5, 0.6) is 11.5 Å². The van der Waals surface area contributed by atoms with E-state index in [0.717, 1.165) is 42.9 Å². The summed E-state index contributed by atoms with van der Waals surface area (Å²) in [5.41, 5.74) is 0.532. The van der Waals surface area contributed by atoms with E-state index in [4.69, 9.17) is 9.47 Å². The summed E-state index contributed by atoms with van der Waals surface area (Å²) in [6.07, 6.45) is -2.37. The van der Waals surface area contributed by atoms with E-state index < -0.39 is 34.2 Å². The smallest absolute Gasteiger partial charge is 0.416 e. The number of nitrogens with zero attached hydrogens (tertiary/aromatic N) is 2. The number of rotatable bonds is 10. The van der Waals surface area contributed by atoms with Crippen molar-refractivity contribution in [2.45, 2.75) is 37.4 Å². The van der Waals surface area contributed by atoms with Crippen LogP contribution >= 0.6 is 0 Å². The topological polar surface area (TPSA) is 88.2 Å². The van der Waals surface area contributed by atoms with Crippen LogP contribution in [0.4, 0.5) is 24.5 Å². The van der Waals surface area contributed by atoms with Crippen LogP contribution in [0.3, 0.4) is 0 Å². The van der Waals surface area contributed by atoms with E-state index in [1.165, 1.54) is 44.9 Å². The van der Waals surface area contributed by atoms with Gasteiger partial charge in [-0.2, -0.15) is 13.2 Å². The summed E-state index contributed by atoms with van der Waals surface area (Å²) < 4.78 is 79.0. The number of sulfonamides is 1. The number of ether oxygens (including phenoxy) is 2. The van der Waals surface area contributed by atoms with Gasteiger partial charge >= 0.3 is 6.18 Å². The van der Waals surface area contributed by atoms with Crippen molar-refractivity contribution in [2.24, 2.45) is 5.92 Å². The van der Waals surface area contributed by atoms with Crippen LogP contribution in [-0.2, 0) is 27.5 Å². The van der Waals surface area contributed by atoms with Crippen LogP contribution in [0.25, 0.3) is 0 Å². The van der Waals surface area contributed by atoms with Crippen LogP contribution in [0.15, 0.2) is 71.6 Å². The van der Waals surface area contributed by atoms with Crippen molar-refractivity contribution in [1.82, 2.24) is 5.32 Å². The Morgan fingerprint density at radius 2 is 1.74 bits per heavy atom. The highest BCUT2D eigenvalue weighted by molar-refractivity contribution is 7.92. The monoisotopic (exact) mass is 605 g/mol. The maximum Gasteiger partial charge on any atom is 0.416 e. The number of piperidine rings is 1. The highest BCUT2D eigenvalue weighted by atomic mass is 32.2. The van der Waals surface area contributed by atoms with Gasteiger partial charge in [0.05, 0.1) is 30.4 Å². The highest BCUT2D eigenvalue weighted by Crippen LogP contribution is 2.35. The number of hydrogen-bond acceptors (Lipinski definition) is 6. The van der Waals surface area contributed by atoms with Gasteiger partial charge in [0.2, 0.25) is 5.91 Å². The molecule has 1 amide bonds. The minimum Gasteiger partial charge on any atom is -0.493 e. The Morgan fingerprint density at radius 3 is 2.38 bits per heavy atom. The minimum absolute atomic E-state index is 0.106. The van der Waals surface area contributed by atoms with Crippen molar-refractivity contribution < 1.29 is 35.9 Å². The molecule has 0 spiro atoms. The largest absolute Gasteiger partial charge is 0.493 e. The molecule has 0 aromatic heterocycles. The van der Waals surface area contributed by atoms with E-state index in [2.05, 4.69) is 17.1 Å². The minimum atomic E-state index is -4.71. The second-order valence-electron chi connectivity index (χ2n) is 10.2. The van der Waals surface area contributed by atoms with Crippen molar-refractivity contribution in [2.75, 3.05) is 43.1 Å². The second-order valence-corrected chi connectivity index (χ2v) is 12.1. The molecule has 12 heteroatoms. The van der Waals surface area contributed by atoms with Crippen LogP contribution in [0, 0.1) is 5.92 Å². The Hall–Kier alpha value is -3.93. The second kappa shape index (κ2) is 12.9. The van der Waals surface area contributed by atoms with E-state index >= 15 is 0 Å². The lowest BCUT2D eigenvalue weighted by Crippen LogP contribution is -2.40. The molecule has 0 radical (unpaired) electrons. The van der Waals surface area contributed by atoms with Crippen LogP contribution in [0.2, 0.25) is 0 Å². The Balaban J connectivity index is 1.56. The number of carbonyl (C=O) groups is 1. The third-order valence-electron chi connectivity index (χ3n) is 7.14. The van der Waals surface area contributed by atoms with Gasteiger partial charge in [-0.1, -0.05) is 25.1 Å². The maximum absolute atomic E-state index is 13.7. The molecule has 3 aromatic carbocycles. The molecule has 226 valence electrons. The molecule has 1 aliphatic heterocycles. The molecule has 4 rings (SSSR count). The Kier molecular flexibility index (Phi) is 9.55. The predicted molar refractivity (Wildman–Crippen MR) is 154 cm³/mol. The lowest BCUT2D eigenvalue weighted by atomic mass is 9.99. The molecule has 0 aliphatic carbocycles. The molecule has 1 aliphatic rings. The number of hydrogen-bond donors (Lipinski definition) is 1. The van der Waals surface area contributed by atoms with Gasteiger partial charge in [0.1, 0.15) is 6.54 Å². The van der Waals surface area contributed by atoms with Gasteiger partial charge in [0.15, 0.2) is 11.5 Å². The summed E-state index contributed by atoms with van der Waals surface area (Å²) in [6, 6.07) is 15.4. The third-order valence-corrected chi connectivity index (χ3v) is 8.91. The molecule has 1 N–H and O–H groups in total. The highest BCUT2D eigenvalue weighted by Gasteiger charge is 2.33. The fourth-order valence-corrected chi connectivity index (χ4v) is 6.32. The summed E-state index contributed by atoms with van der Waals surface area (Å²) in [7, 11) is -1.80. The zero-order valence-electron chi connectivity index (χ0n) is 23.6. The molecule has 0 saturated carbocycles. The number of alkyl halides is 3. The maximum atomic E-state index is 13.7. The van der Waals surface area contributed by atoms with Gasteiger partial charge in [0.25, 0.3) is 10.0 Å². The number of benzene rings is 3. The Bertz CT molecular complexity index is 1500. The lowest BCUT2D eigenvalue weighted by molar-refractivity contribution is -0.137. The van der Waals surface area contributed by atoms with Gasteiger partial charge in [-0.05, 0) is 66.8 Å². The Morgan fingerprint density at radius 1 is 1.02 bits per heavy atom. The SMILES string of the molecule is COc1ccc(S(=O)(=O)N(CC(=O)NCc2ccc(N3CCCC(C)C3)cc2)c2cccc(C(F)(F)F)c2)cc1OC. The summed E-state index contributed by atoms with van der Waals surface area (Å²) in [5, 5.41) is 2.69. The first kappa shape index (κ1) is 31.0. The van der Waals surface area contributed by atoms with E-state index in [-0.39, 0.29) is 28.6 Å². The number of anilines is 2. The molecule has 1 saturated heterocycles. The molecular weight excluding hydrogens is 571 g/mol. The van der Waals surface area contributed by atoms with Gasteiger partial charge < -0.3 is 19.7 Å². The van der Waals surface area contributed by atoms with Crippen LogP contribution < -0.4 is 24.0 Å². The average Bonchev–Trinajstić information content (AvgIpc) is 2.98. The zero-order chi connectivity index (χ0) is 30.5. The average molecular weight is 606 g/mol. The van der Waals surface area contributed by atoms with Crippen LogP contribution in [0.1, 0.15) is 30.9 Å². The van der Waals surface area contributed by atoms with E-state index in [0.29, 0.717) is 16.3 Å². The summed E-state index contributed by atoms with van der Waals surface area (Å²) in [4.78, 5) is 15.1. The number of nitrogens with one attached hydrogen (secondary N) is 1. The van der Waals surface area contributed by atoms with Crippen LogP contribution in [-0.4, -0.2) is 48.2 Å². The quantitative estimate of drug-likeness (QED) is 0.330. The molecule has 1 atom stereocenters. The molecule has 1 unspecified atom stereocenters. The van der Waals surface area contributed by atoms with Crippen molar-refractivity contribution in [3.8, 4) is 11.5 Å².